The predicted molar refractivity (Wildman–Crippen MR) is 136 cm³/mol. The van der Waals surface area contributed by atoms with Gasteiger partial charge in [-0.3, -0.25) is 14.5 Å². The van der Waals surface area contributed by atoms with Crippen LogP contribution in [0.5, 0.6) is 11.5 Å². The molecule has 0 unspecified atom stereocenters. The number of fused-ring (bicyclic) bond motifs is 1. The molecule has 3 aromatic rings. The van der Waals surface area contributed by atoms with Crippen molar-refractivity contribution in [2.75, 3.05) is 13.7 Å². The molecule has 1 aliphatic heterocycles. The number of thiocarbonyl (C=S) groups is 1. The van der Waals surface area contributed by atoms with Gasteiger partial charge in [0, 0.05) is 0 Å². The summed E-state index contributed by atoms with van der Waals surface area (Å²) in [5.41, 5.74) is 1.74. The Morgan fingerprint density at radius 1 is 1.21 bits per heavy atom. The van der Waals surface area contributed by atoms with E-state index in [1.165, 1.54) is 0 Å². The highest BCUT2D eigenvalue weighted by Gasteiger charge is 2.33. The second-order valence-corrected chi connectivity index (χ2v) is 9.65. The average molecular weight is 544 g/mol. The summed E-state index contributed by atoms with van der Waals surface area (Å²) in [6.45, 7) is -0.112. The van der Waals surface area contributed by atoms with Crippen LogP contribution in [0.25, 0.3) is 16.8 Å². The Bertz CT molecular complexity index is 1300. The molecule has 4 rings (SSSR count). The van der Waals surface area contributed by atoms with Crippen molar-refractivity contribution in [1.29, 1.82) is 0 Å². The summed E-state index contributed by atoms with van der Waals surface area (Å²) in [6, 6.07) is 17.8. The molecule has 0 radical (unpaired) electrons. The molecular weight excluding hydrogens is 526 g/mol. The summed E-state index contributed by atoms with van der Waals surface area (Å²) >= 11 is 9.76. The number of amides is 1. The molecule has 0 bridgehead atoms. The third kappa shape index (κ3) is 5.05. The number of carboxylic acids is 1. The molecule has 1 N–H and O–H groups in total. The van der Waals surface area contributed by atoms with Crippen molar-refractivity contribution in [1.82, 2.24) is 4.90 Å². The maximum atomic E-state index is 12.5. The number of ether oxygens (including phenoxy) is 2. The molecule has 1 saturated heterocycles. The van der Waals surface area contributed by atoms with Crippen LogP contribution in [-0.4, -0.2) is 39.9 Å². The fourth-order valence-corrected chi connectivity index (χ4v) is 5.28. The molecule has 9 heteroatoms. The highest BCUT2D eigenvalue weighted by atomic mass is 79.9. The number of carbonyl (C=O) groups excluding carboxylic acids is 1. The first-order valence-corrected chi connectivity index (χ1v) is 11.8. The Morgan fingerprint density at radius 2 is 1.97 bits per heavy atom. The van der Waals surface area contributed by atoms with E-state index >= 15 is 0 Å². The van der Waals surface area contributed by atoms with E-state index in [1.54, 1.807) is 19.3 Å². The molecule has 6 nitrogen and oxygen atoms in total. The van der Waals surface area contributed by atoms with E-state index < -0.39 is 18.4 Å². The maximum absolute atomic E-state index is 12.5. The third-order valence-corrected chi connectivity index (χ3v) is 6.94. The summed E-state index contributed by atoms with van der Waals surface area (Å²) in [4.78, 5) is 25.0. The third-order valence-electron chi connectivity index (χ3n) is 4.97. The van der Waals surface area contributed by atoms with E-state index in [0.29, 0.717) is 33.0 Å². The molecule has 0 saturated carbocycles. The number of carboxylic acid groups (broad SMARTS) is 1. The summed E-state index contributed by atoms with van der Waals surface area (Å²) in [6.07, 6.45) is 1.66. The SMILES string of the molecule is COc1cc(/C=C2/SC(=S)N(CC(=O)O)C2=O)cc(Br)c1OCc1cccc2ccccc12. The van der Waals surface area contributed by atoms with Gasteiger partial charge in [-0.1, -0.05) is 66.4 Å². The highest BCUT2D eigenvalue weighted by molar-refractivity contribution is 9.10. The van der Waals surface area contributed by atoms with Crippen LogP contribution in [0.4, 0.5) is 0 Å². The van der Waals surface area contributed by atoms with Crippen molar-refractivity contribution in [3.05, 3.63) is 75.1 Å². The molecule has 1 heterocycles. The van der Waals surface area contributed by atoms with Crippen LogP contribution in [0, 0.1) is 0 Å². The van der Waals surface area contributed by atoms with Gasteiger partial charge in [-0.05, 0) is 56.0 Å². The van der Waals surface area contributed by atoms with Gasteiger partial charge in [0.25, 0.3) is 5.91 Å². The Hall–Kier alpha value is -2.88. The minimum atomic E-state index is -1.12. The maximum Gasteiger partial charge on any atom is 0.323 e. The van der Waals surface area contributed by atoms with E-state index in [0.717, 1.165) is 33.0 Å². The zero-order valence-corrected chi connectivity index (χ0v) is 20.6. The molecule has 1 amide bonds. The zero-order chi connectivity index (χ0) is 23.5. The lowest BCUT2D eigenvalue weighted by Crippen LogP contribution is -2.33. The first-order valence-electron chi connectivity index (χ1n) is 9.81. The van der Waals surface area contributed by atoms with Crippen LogP contribution in [0.1, 0.15) is 11.1 Å². The monoisotopic (exact) mass is 543 g/mol. The number of aliphatic carboxylic acids is 1. The van der Waals surface area contributed by atoms with Gasteiger partial charge in [-0.2, -0.15) is 0 Å². The van der Waals surface area contributed by atoms with E-state index in [-0.39, 0.29) is 4.32 Å². The lowest BCUT2D eigenvalue weighted by Gasteiger charge is -2.15. The number of thioether (sulfide) groups is 1. The second kappa shape index (κ2) is 9.94. The predicted octanol–water partition coefficient (Wildman–Crippen LogP) is 5.48. The second-order valence-electron chi connectivity index (χ2n) is 7.12. The van der Waals surface area contributed by atoms with Gasteiger partial charge >= 0.3 is 5.97 Å². The van der Waals surface area contributed by atoms with Gasteiger partial charge in [0.1, 0.15) is 17.5 Å². The number of hydrogen-bond acceptors (Lipinski definition) is 6. The van der Waals surface area contributed by atoms with E-state index in [4.69, 9.17) is 26.8 Å². The van der Waals surface area contributed by atoms with Crippen molar-refractivity contribution < 1.29 is 24.2 Å². The number of hydrogen-bond donors (Lipinski definition) is 1. The summed E-state index contributed by atoms with van der Waals surface area (Å²) in [5, 5.41) is 11.3. The first kappa shape index (κ1) is 23.3. The minimum Gasteiger partial charge on any atom is -0.493 e. The van der Waals surface area contributed by atoms with Crippen LogP contribution in [0.15, 0.2) is 64.0 Å². The molecule has 33 heavy (non-hydrogen) atoms. The number of halogens is 1. The zero-order valence-electron chi connectivity index (χ0n) is 17.4. The lowest BCUT2D eigenvalue weighted by atomic mass is 10.1. The largest absolute Gasteiger partial charge is 0.493 e. The van der Waals surface area contributed by atoms with E-state index in [1.807, 2.05) is 30.3 Å². The van der Waals surface area contributed by atoms with Gasteiger partial charge < -0.3 is 14.6 Å². The van der Waals surface area contributed by atoms with Crippen LogP contribution in [0.3, 0.4) is 0 Å². The van der Waals surface area contributed by atoms with E-state index in [2.05, 4.69) is 34.1 Å². The fraction of sp³-hybridized carbons (Fsp3) is 0.125. The van der Waals surface area contributed by atoms with Crippen molar-refractivity contribution >= 4 is 73.0 Å². The van der Waals surface area contributed by atoms with Crippen molar-refractivity contribution in [3.8, 4) is 11.5 Å². The van der Waals surface area contributed by atoms with Crippen LogP contribution < -0.4 is 9.47 Å². The van der Waals surface area contributed by atoms with E-state index in [9.17, 15) is 9.59 Å². The molecule has 3 aromatic carbocycles. The number of nitrogens with zero attached hydrogens (tertiary/aromatic N) is 1. The number of rotatable bonds is 7. The van der Waals surface area contributed by atoms with Gasteiger partial charge in [0.2, 0.25) is 0 Å². The average Bonchev–Trinajstić information content (AvgIpc) is 3.05. The highest BCUT2D eigenvalue weighted by Crippen LogP contribution is 2.39. The topological polar surface area (TPSA) is 76.1 Å². The van der Waals surface area contributed by atoms with Gasteiger partial charge in [0.05, 0.1) is 16.5 Å². The summed E-state index contributed by atoms with van der Waals surface area (Å²) in [5.74, 6) is -0.513. The Balaban J connectivity index is 1.59. The molecule has 0 atom stereocenters. The lowest BCUT2D eigenvalue weighted by molar-refractivity contribution is -0.140. The molecule has 1 aliphatic rings. The van der Waals surface area contributed by atoms with Crippen molar-refractivity contribution in [2.24, 2.45) is 0 Å². The molecule has 1 fully saturated rings. The van der Waals surface area contributed by atoms with Crippen molar-refractivity contribution in [2.45, 2.75) is 6.61 Å². The summed E-state index contributed by atoms with van der Waals surface area (Å²) in [7, 11) is 1.54. The Kier molecular flexibility index (Phi) is 7.02. The molecule has 0 spiro atoms. The van der Waals surface area contributed by atoms with Gasteiger partial charge in [-0.25, -0.2) is 0 Å². The standard InChI is InChI=1S/C24H18BrNO5S2/c1-30-19-10-14(11-20-23(29)26(12-21(27)28)24(32)33-20)9-18(25)22(19)31-13-16-7-4-6-15-5-2-3-8-17(15)16/h2-11H,12-13H2,1H3,(H,27,28)/b20-11+. The molecule has 0 aliphatic carbocycles. The van der Waals surface area contributed by atoms with Crippen LogP contribution >= 0.6 is 39.9 Å². The van der Waals surface area contributed by atoms with Gasteiger partial charge in [-0.15, -0.1) is 0 Å². The number of benzene rings is 3. The molecule has 0 aromatic heterocycles. The van der Waals surface area contributed by atoms with Crippen molar-refractivity contribution in [3.63, 3.8) is 0 Å². The number of methoxy groups -OCH3 is 1. The Labute approximate surface area is 208 Å². The van der Waals surface area contributed by atoms with Crippen LogP contribution in [0.2, 0.25) is 0 Å². The number of carbonyl (C=O) groups is 2. The summed E-state index contributed by atoms with van der Waals surface area (Å²) < 4.78 is 12.5. The van der Waals surface area contributed by atoms with Gasteiger partial charge in [0.15, 0.2) is 11.5 Å². The van der Waals surface area contributed by atoms with Crippen LogP contribution in [-0.2, 0) is 16.2 Å². The minimum absolute atomic E-state index is 0.217. The normalized spacial score (nSPS) is 14.8. The quantitative estimate of drug-likeness (QED) is 0.312. The molecule has 168 valence electrons. The smallest absolute Gasteiger partial charge is 0.323 e. The Morgan fingerprint density at radius 3 is 2.73 bits per heavy atom. The first-order chi connectivity index (χ1) is 15.9. The fourth-order valence-electron chi connectivity index (χ4n) is 3.45. The molecular formula is C24H18BrNO5S2.